The summed E-state index contributed by atoms with van der Waals surface area (Å²) >= 11 is 0. The Morgan fingerprint density at radius 2 is 1.84 bits per heavy atom. The molecule has 0 radical (unpaired) electrons. The third-order valence-electron chi connectivity index (χ3n) is 12.3. The lowest BCUT2D eigenvalue weighted by Gasteiger charge is -2.56. The molecule has 3 fully saturated rings. The van der Waals surface area contributed by atoms with Crippen LogP contribution in [0.5, 0.6) is 0 Å². The molecule has 206 valence electrons. The molecule has 38 heavy (non-hydrogen) atoms. The van der Waals surface area contributed by atoms with Crippen molar-refractivity contribution in [2.45, 2.75) is 84.4 Å². The predicted octanol–water partition coefficient (Wildman–Crippen LogP) is 5.52. The lowest BCUT2D eigenvalue weighted by atomic mass is 9.48. The SMILES string of the molecule is C[C@@H]([C@H]1[C@H](O)C[C@@]2(C)[C@@H]3CC[C@@H]4C(=CC[C@@H]5N=C(c6ccccc6)OC[C@]54C)C[C@@H]3C(=O)C[C@]12C)N(C)C. The summed E-state index contributed by atoms with van der Waals surface area (Å²) in [6.07, 6.45) is 7.37. The number of nitrogens with zero attached hydrogens (tertiary/aromatic N) is 2. The first-order valence-corrected chi connectivity index (χ1v) is 14.8. The highest BCUT2D eigenvalue weighted by Gasteiger charge is 2.68. The number of hydrogen-bond donors (Lipinski definition) is 1. The average Bonchev–Trinajstić information content (AvgIpc) is 3.00. The monoisotopic (exact) mass is 518 g/mol. The van der Waals surface area contributed by atoms with Crippen molar-refractivity contribution in [2.24, 2.45) is 44.9 Å². The second kappa shape index (κ2) is 9.02. The zero-order chi connectivity index (χ0) is 27.0. The Balaban J connectivity index is 1.32. The van der Waals surface area contributed by atoms with Gasteiger partial charge in [0, 0.05) is 35.3 Å². The highest BCUT2D eigenvalue weighted by molar-refractivity contribution is 5.94. The summed E-state index contributed by atoms with van der Waals surface area (Å²) < 4.78 is 6.37. The standard InChI is InChI=1S/C33H46N2O3/c1-20(35(5)6)29-27(37)18-32(3)25-14-13-24-22(16-23(25)26(36)17-33(29,32)4)12-15-28-31(24,2)19-38-30(34-28)21-10-8-7-9-11-21/h7-12,20,23-25,27-29,37H,13-19H2,1-6H3/t20-,23-,24+,25+,27+,28-,29-,31-,32-,33+/m0/s1. The summed E-state index contributed by atoms with van der Waals surface area (Å²) in [7, 11) is 4.20. The second-order valence-electron chi connectivity index (χ2n) is 14.2. The maximum absolute atomic E-state index is 14.0. The van der Waals surface area contributed by atoms with Gasteiger partial charge in [-0.2, -0.15) is 0 Å². The minimum Gasteiger partial charge on any atom is -0.477 e. The van der Waals surface area contributed by atoms with Crippen LogP contribution in [0.15, 0.2) is 47.0 Å². The summed E-state index contributed by atoms with van der Waals surface area (Å²) in [5, 5.41) is 11.5. The van der Waals surface area contributed by atoms with Gasteiger partial charge in [0.1, 0.15) is 5.78 Å². The van der Waals surface area contributed by atoms with Crippen LogP contribution in [0.3, 0.4) is 0 Å². The van der Waals surface area contributed by atoms with Crippen molar-refractivity contribution in [3.8, 4) is 0 Å². The van der Waals surface area contributed by atoms with Gasteiger partial charge in [-0.1, -0.05) is 50.6 Å². The number of aliphatic imine (C=N–C) groups is 1. The van der Waals surface area contributed by atoms with E-state index in [9.17, 15) is 9.90 Å². The van der Waals surface area contributed by atoms with E-state index >= 15 is 0 Å². The first kappa shape index (κ1) is 26.3. The molecule has 0 aromatic heterocycles. The van der Waals surface area contributed by atoms with Gasteiger partial charge >= 0.3 is 0 Å². The van der Waals surface area contributed by atoms with Gasteiger partial charge in [-0.15, -0.1) is 0 Å². The fourth-order valence-electron chi connectivity index (χ4n) is 9.82. The molecule has 1 heterocycles. The van der Waals surface area contributed by atoms with Gasteiger partial charge in [0.25, 0.3) is 0 Å². The third-order valence-corrected chi connectivity index (χ3v) is 12.3. The number of aliphatic hydroxyl groups is 1. The van der Waals surface area contributed by atoms with E-state index in [1.807, 2.05) is 18.2 Å². The maximum atomic E-state index is 14.0. The van der Waals surface area contributed by atoms with Crippen LogP contribution in [0.4, 0.5) is 0 Å². The highest BCUT2D eigenvalue weighted by atomic mass is 16.5. The Hall–Kier alpha value is -1.98. The van der Waals surface area contributed by atoms with Gasteiger partial charge in [-0.3, -0.25) is 4.79 Å². The number of carbonyl (C=O) groups excluding carboxylic acids is 1. The number of Topliss-reactive ketones (excluding diaryl/α,β-unsaturated/α-hetero) is 1. The second-order valence-corrected chi connectivity index (χ2v) is 14.2. The van der Waals surface area contributed by atoms with Gasteiger partial charge in [0.05, 0.1) is 18.8 Å². The van der Waals surface area contributed by atoms with Gasteiger partial charge in [0.15, 0.2) is 0 Å². The van der Waals surface area contributed by atoms with Crippen molar-refractivity contribution in [1.29, 1.82) is 0 Å². The fourth-order valence-corrected chi connectivity index (χ4v) is 9.82. The minimum atomic E-state index is -0.363. The average molecular weight is 519 g/mol. The normalized spacial score (nSPS) is 45.0. The lowest BCUT2D eigenvalue weighted by molar-refractivity contribution is -0.147. The lowest BCUT2D eigenvalue weighted by Crippen LogP contribution is -2.55. The summed E-state index contributed by atoms with van der Waals surface area (Å²) in [5.41, 5.74) is 2.23. The summed E-state index contributed by atoms with van der Waals surface area (Å²) in [5.74, 6) is 2.07. The molecular weight excluding hydrogens is 472 g/mol. The molecule has 1 aromatic rings. The molecule has 5 aliphatic rings. The molecule has 5 heteroatoms. The van der Waals surface area contributed by atoms with E-state index in [-0.39, 0.29) is 46.3 Å². The molecule has 1 aromatic carbocycles. The molecule has 1 N–H and O–H groups in total. The largest absolute Gasteiger partial charge is 0.477 e. The Bertz CT molecular complexity index is 1160. The molecule has 0 bridgehead atoms. The number of benzene rings is 1. The highest BCUT2D eigenvalue weighted by Crippen LogP contribution is 2.69. The van der Waals surface area contributed by atoms with Crippen LogP contribution in [0.25, 0.3) is 0 Å². The van der Waals surface area contributed by atoms with Crippen molar-refractivity contribution < 1.29 is 14.6 Å². The first-order chi connectivity index (χ1) is 18.0. The number of fused-ring (bicyclic) bond motifs is 6. The van der Waals surface area contributed by atoms with Crippen LogP contribution >= 0.6 is 0 Å². The molecule has 3 saturated carbocycles. The molecular formula is C33H46N2O3. The first-order valence-electron chi connectivity index (χ1n) is 14.8. The van der Waals surface area contributed by atoms with Gasteiger partial charge < -0.3 is 14.7 Å². The molecule has 0 amide bonds. The van der Waals surface area contributed by atoms with Gasteiger partial charge in [0.2, 0.25) is 5.90 Å². The minimum absolute atomic E-state index is 0.0456. The number of rotatable bonds is 3. The van der Waals surface area contributed by atoms with Crippen molar-refractivity contribution in [3.05, 3.63) is 47.5 Å². The van der Waals surface area contributed by atoms with Crippen LogP contribution in [0, 0.1) is 39.9 Å². The Morgan fingerprint density at radius 1 is 1.11 bits per heavy atom. The van der Waals surface area contributed by atoms with Crippen LogP contribution < -0.4 is 0 Å². The number of ether oxygens (including phenoxy) is 1. The predicted molar refractivity (Wildman–Crippen MR) is 151 cm³/mol. The van der Waals surface area contributed by atoms with Crippen molar-refractivity contribution in [3.63, 3.8) is 0 Å². The molecule has 10 atom stereocenters. The smallest absolute Gasteiger partial charge is 0.216 e. The molecule has 5 nitrogen and oxygen atoms in total. The van der Waals surface area contributed by atoms with E-state index in [1.165, 1.54) is 5.57 Å². The molecule has 1 aliphatic heterocycles. The van der Waals surface area contributed by atoms with E-state index in [1.54, 1.807) is 0 Å². The summed E-state index contributed by atoms with van der Waals surface area (Å²) in [6, 6.07) is 10.7. The van der Waals surface area contributed by atoms with Crippen molar-refractivity contribution in [2.75, 3.05) is 20.7 Å². The number of aliphatic hydroxyl groups excluding tert-OH is 1. The van der Waals surface area contributed by atoms with E-state index in [4.69, 9.17) is 9.73 Å². The molecule has 0 saturated heterocycles. The maximum Gasteiger partial charge on any atom is 0.216 e. The van der Waals surface area contributed by atoms with Crippen LogP contribution in [-0.4, -0.2) is 60.6 Å². The molecule has 4 aliphatic carbocycles. The topological polar surface area (TPSA) is 62.1 Å². The zero-order valence-electron chi connectivity index (χ0n) is 24.1. The summed E-state index contributed by atoms with van der Waals surface area (Å²) in [6.45, 7) is 10.0. The van der Waals surface area contributed by atoms with E-state index < -0.39 is 0 Å². The Labute approximate surface area is 228 Å². The van der Waals surface area contributed by atoms with Gasteiger partial charge in [-0.25, -0.2) is 4.99 Å². The fraction of sp³-hybridized carbons (Fsp3) is 0.697. The van der Waals surface area contributed by atoms with Crippen LogP contribution in [-0.2, 0) is 9.53 Å². The van der Waals surface area contributed by atoms with E-state index in [0.29, 0.717) is 30.6 Å². The third kappa shape index (κ3) is 3.63. The Kier molecular flexibility index (Phi) is 6.23. The van der Waals surface area contributed by atoms with Crippen molar-refractivity contribution >= 4 is 11.7 Å². The van der Waals surface area contributed by atoms with Gasteiger partial charge in [-0.05, 0) is 87.9 Å². The van der Waals surface area contributed by atoms with E-state index in [0.717, 1.165) is 43.6 Å². The van der Waals surface area contributed by atoms with Crippen LogP contribution in [0.1, 0.15) is 71.8 Å². The van der Waals surface area contributed by atoms with Crippen molar-refractivity contribution in [1.82, 2.24) is 4.90 Å². The molecule has 0 spiro atoms. The van der Waals surface area contributed by atoms with Crippen LogP contribution in [0.2, 0.25) is 0 Å². The number of allylic oxidation sites excluding steroid dienone is 1. The summed E-state index contributed by atoms with van der Waals surface area (Å²) in [4.78, 5) is 21.4. The number of hydrogen-bond acceptors (Lipinski definition) is 5. The van der Waals surface area contributed by atoms with E-state index in [2.05, 4.69) is 64.9 Å². The Morgan fingerprint density at radius 3 is 2.55 bits per heavy atom. The zero-order valence-corrected chi connectivity index (χ0v) is 24.1. The number of ketones is 1. The molecule has 6 rings (SSSR count). The quantitative estimate of drug-likeness (QED) is 0.536. The molecule has 0 unspecified atom stereocenters. The number of carbonyl (C=O) groups is 1.